The zero-order chi connectivity index (χ0) is 12.1. The van der Waals surface area contributed by atoms with Crippen LogP contribution in [-0.4, -0.2) is 28.0 Å². The molecule has 2 rings (SSSR count). The molecule has 0 aliphatic rings. The van der Waals surface area contributed by atoms with E-state index in [0.29, 0.717) is 12.4 Å². The van der Waals surface area contributed by atoms with Crippen LogP contribution in [0.5, 0.6) is 5.75 Å². The zero-order valence-electron chi connectivity index (χ0n) is 9.64. The van der Waals surface area contributed by atoms with Crippen molar-refractivity contribution in [2.75, 3.05) is 13.0 Å². The van der Waals surface area contributed by atoms with E-state index in [0.717, 1.165) is 23.4 Å². The Morgan fingerprint density at radius 1 is 1.41 bits per heavy atom. The summed E-state index contributed by atoms with van der Waals surface area (Å²) in [5.41, 5.74) is 2.05. The van der Waals surface area contributed by atoms with Crippen molar-refractivity contribution in [1.82, 2.24) is 15.0 Å². The highest BCUT2D eigenvalue weighted by molar-refractivity contribution is 6.17. The summed E-state index contributed by atoms with van der Waals surface area (Å²) in [4.78, 5) is 0. The third-order valence-corrected chi connectivity index (χ3v) is 2.60. The maximum Gasteiger partial charge on any atom is 0.119 e. The fourth-order valence-corrected chi connectivity index (χ4v) is 1.78. The van der Waals surface area contributed by atoms with E-state index >= 15 is 0 Å². The smallest absolute Gasteiger partial charge is 0.119 e. The summed E-state index contributed by atoms with van der Waals surface area (Å²) < 4.78 is 6.98. The van der Waals surface area contributed by atoms with Gasteiger partial charge in [0, 0.05) is 18.5 Å². The molecule has 0 radical (unpaired) electrons. The zero-order valence-corrected chi connectivity index (χ0v) is 10.4. The van der Waals surface area contributed by atoms with Crippen molar-refractivity contribution in [3.05, 3.63) is 41.7 Å². The monoisotopic (exact) mass is 251 g/mol. The van der Waals surface area contributed by atoms with Crippen LogP contribution in [0.4, 0.5) is 0 Å². The largest absolute Gasteiger partial charge is 0.497 e. The molecule has 0 atom stereocenters. The van der Waals surface area contributed by atoms with Gasteiger partial charge in [-0.1, -0.05) is 17.3 Å². The number of rotatable bonds is 5. The number of methoxy groups -OCH3 is 1. The molecule has 4 nitrogen and oxygen atoms in total. The van der Waals surface area contributed by atoms with Crippen LogP contribution in [0.3, 0.4) is 0 Å². The van der Waals surface area contributed by atoms with Gasteiger partial charge in [0.25, 0.3) is 0 Å². The first-order valence-electron chi connectivity index (χ1n) is 5.39. The Morgan fingerprint density at radius 2 is 2.29 bits per heavy atom. The Labute approximate surface area is 105 Å². The molecule has 5 heteroatoms. The summed E-state index contributed by atoms with van der Waals surface area (Å²) in [6.07, 6.45) is 2.67. The van der Waals surface area contributed by atoms with Gasteiger partial charge in [-0.15, -0.1) is 16.7 Å². The molecular weight excluding hydrogens is 238 g/mol. The Balaban J connectivity index is 2.08. The van der Waals surface area contributed by atoms with E-state index in [1.165, 1.54) is 0 Å². The van der Waals surface area contributed by atoms with Crippen LogP contribution in [0.1, 0.15) is 11.3 Å². The van der Waals surface area contributed by atoms with Gasteiger partial charge < -0.3 is 4.74 Å². The van der Waals surface area contributed by atoms with Crippen LogP contribution in [0.2, 0.25) is 0 Å². The summed E-state index contributed by atoms with van der Waals surface area (Å²) >= 11 is 5.65. The number of alkyl halides is 1. The molecule has 2 aromatic rings. The molecule has 17 heavy (non-hydrogen) atoms. The van der Waals surface area contributed by atoms with Gasteiger partial charge >= 0.3 is 0 Å². The SMILES string of the molecule is COc1cccc(Cn2cc(CCCl)nn2)c1. The van der Waals surface area contributed by atoms with E-state index < -0.39 is 0 Å². The molecule has 0 spiro atoms. The van der Waals surface area contributed by atoms with Crippen LogP contribution in [0.15, 0.2) is 30.5 Å². The molecule has 0 saturated carbocycles. The molecule has 0 saturated heterocycles. The second-order valence-corrected chi connectivity index (χ2v) is 4.08. The second kappa shape index (κ2) is 5.68. The van der Waals surface area contributed by atoms with Crippen LogP contribution < -0.4 is 4.74 Å². The maximum atomic E-state index is 5.65. The number of aromatic nitrogens is 3. The first-order valence-corrected chi connectivity index (χ1v) is 5.93. The minimum absolute atomic E-state index is 0.567. The number of halogens is 1. The highest BCUT2D eigenvalue weighted by atomic mass is 35.5. The molecule has 0 fully saturated rings. The number of aryl methyl sites for hydroxylation is 1. The Hall–Kier alpha value is -1.55. The average molecular weight is 252 g/mol. The van der Waals surface area contributed by atoms with Gasteiger partial charge in [-0.25, -0.2) is 4.68 Å². The molecule has 0 unspecified atom stereocenters. The predicted octanol–water partition coefficient (Wildman–Crippen LogP) is 2.12. The third-order valence-electron chi connectivity index (χ3n) is 2.42. The summed E-state index contributed by atoms with van der Waals surface area (Å²) in [5.74, 6) is 1.42. The van der Waals surface area contributed by atoms with Crippen molar-refractivity contribution in [2.45, 2.75) is 13.0 Å². The van der Waals surface area contributed by atoms with Gasteiger partial charge in [0.05, 0.1) is 19.3 Å². The van der Waals surface area contributed by atoms with E-state index in [2.05, 4.69) is 10.3 Å². The fourth-order valence-electron chi connectivity index (χ4n) is 1.59. The van der Waals surface area contributed by atoms with Gasteiger partial charge in [0.15, 0.2) is 0 Å². The molecule has 1 aromatic heterocycles. The van der Waals surface area contributed by atoms with Crippen LogP contribution >= 0.6 is 11.6 Å². The van der Waals surface area contributed by atoms with Crippen molar-refractivity contribution in [2.24, 2.45) is 0 Å². The summed E-state index contributed by atoms with van der Waals surface area (Å²) in [6.45, 7) is 0.687. The third kappa shape index (κ3) is 3.20. The standard InChI is InChI=1S/C12H14ClN3O/c1-17-12-4-2-3-10(7-12)8-16-9-11(5-6-13)14-15-16/h2-4,7,9H,5-6,8H2,1H3. The molecule has 0 amide bonds. The number of benzene rings is 1. The van der Waals surface area contributed by atoms with E-state index in [-0.39, 0.29) is 0 Å². The number of ether oxygens (including phenoxy) is 1. The lowest BCUT2D eigenvalue weighted by Crippen LogP contribution is -2.00. The topological polar surface area (TPSA) is 39.9 Å². The summed E-state index contributed by atoms with van der Waals surface area (Å²) in [7, 11) is 1.66. The molecule has 0 aliphatic heterocycles. The minimum atomic E-state index is 0.567. The molecule has 1 aromatic carbocycles. The number of nitrogens with zero attached hydrogens (tertiary/aromatic N) is 3. The van der Waals surface area contributed by atoms with Crippen LogP contribution in [0, 0.1) is 0 Å². The van der Waals surface area contributed by atoms with Crippen molar-refractivity contribution >= 4 is 11.6 Å². The first-order chi connectivity index (χ1) is 8.31. The van der Waals surface area contributed by atoms with Gasteiger partial charge in [-0.05, 0) is 17.7 Å². The Kier molecular flexibility index (Phi) is 3.98. The minimum Gasteiger partial charge on any atom is -0.497 e. The fraction of sp³-hybridized carbons (Fsp3) is 0.333. The van der Waals surface area contributed by atoms with Crippen molar-refractivity contribution < 1.29 is 4.74 Å². The lowest BCUT2D eigenvalue weighted by atomic mass is 10.2. The average Bonchev–Trinajstić information content (AvgIpc) is 2.77. The van der Waals surface area contributed by atoms with E-state index in [9.17, 15) is 0 Å². The van der Waals surface area contributed by atoms with Gasteiger partial charge in [-0.2, -0.15) is 0 Å². The highest BCUT2D eigenvalue weighted by Gasteiger charge is 2.02. The number of hydrogen-bond acceptors (Lipinski definition) is 3. The Morgan fingerprint density at radius 3 is 3.06 bits per heavy atom. The van der Waals surface area contributed by atoms with E-state index in [1.54, 1.807) is 11.8 Å². The molecule has 0 bridgehead atoms. The van der Waals surface area contributed by atoms with Gasteiger partial charge in [0.1, 0.15) is 5.75 Å². The predicted molar refractivity (Wildman–Crippen MR) is 66.5 cm³/mol. The highest BCUT2D eigenvalue weighted by Crippen LogP contribution is 2.13. The van der Waals surface area contributed by atoms with Crippen LogP contribution in [-0.2, 0) is 13.0 Å². The van der Waals surface area contributed by atoms with Gasteiger partial charge in [-0.3, -0.25) is 0 Å². The summed E-state index contributed by atoms with van der Waals surface area (Å²) in [6, 6.07) is 7.91. The molecule has 0 aliphatic carbocycles. The van der Waals surface area contributed by atoms with E-state index in [1.807, 2.05) is 30.5 Å². The quantitative estimate of drug-likeness (QED) is 0.765. The lowest BCUT2D eigenvalue weighted by molar-refractivity contribution is 0.414. The van der Waals surface area contributed by atoms with Crippen LogP contribution in [0.25, 0.3) is 0 Å². The normalized spacial score (nSPS) is 10.5. The molecular formula is C12H14ClN3O. The van der Waals surface area contributed by atoms with E-state index in [4.69, 9.17) is 16.3 Å². The second-order valence-electron chi connectivity index (χ2n) is 3.70. The molecule has 0 N–H and O–H groups in total. The van der Waals surface area contributed by atoms with Gasteiger partial charge in [0.2, 0.25) is 0 Å². The Bertz CT molecular complexity index is 484. The van der Waals surface area contributed by atoms with Crippen molar-refractivity contribution in [1.29, 1.82) is 0 Å². The first kappa shape index (κ1) is 11.9. The van der Waals surface area contributed by atoms with Crippen molar-refractivity contribution in [3.8, 4) is 5.75 Å². The maximum absolute atomic E-state index is 5.65. The lowest BCUT2D eigenvalue weighted by Gasteiger charge is -2.03. The molecule has 90 valence electrons. The summed E-state index contributed by atoms with van der Waals surface area (Å²) in [5, 5.41) is 8.09. The number of hydrogen-bond donors (Lipinski definition) is 0. The van der Waals surface area contributed by atoms with Crippen molar-refractivity contribution in [3.63, 3.8) is 0 Å². The molecule has 1 heterocycles.